The van der Waals surface area contributed by atoms with Crippen LogP contribution in [0, 0.1) is 0 Å². The van der Waals surface area contributed by atoms with E-state index in [1.807, 2.05) is 13.0 Å². The molecule has 0 aliphatic carbocycles. The molecule has 1 aromatic heterocycles. The number of hydrogen-bond acceptors (Lipinski definition) is 4. The monoisotopic (exact) mass is 300 g/mol. The van der Waals surface area contributed by atoms with Crippen molar-refractivity contribution in [1.29, 1.82) is 0 Å². The summed E-state index contributed by atoms with van der Waals surface area (Å²) in [5, 5.41) is 3.37. The number of rotatable bonds is 5. The van der Waals surface area contributed by atoms with E-state index in [0.717, 1.165) is 37.4 Å². The fourth-order valence-corrected chi connectivity index (χ4v) is 3.86. The van der Waals surface area contributed by atoms with E-state index in [2.05, 4.69) is 17.1 Å². The first-order valence-electron chi connectivity index (χ1n) is 6.89. The Bertz CT molecular complexity index is 429. The number of ketones is 1. The highest BCUT2D eigenvalue weighted by molar-refractivity contribution is 7.18. The standard InChI is InChI=1S/C14H21ClN2OS/c1-3-17(11-6-8-16-9-7-11)10(2)14(18)12-4-5-13(15)19-12/h4-5,10-11,16H,3,6-9H2,1-2H3. The lowest BCUT2D eigenvalue weighted by Gasteiger charge is -2.37. The van der Waals surface area contributed by atoms with E-state index < -0.39 is 0 Å². The predicted octanol–water partition coefficient (Wildman–Crippen LogP) is 3.05. The molecule has 1 aliphatic heterocycles. The summed E-state index contributed by atoms with van der Waals surface area (Å²) in [6, 6.07) is 4.08. The van der Waals surface area contributed by atoms with Crippen LogP contribution in [-0.4, -0.2) is 42.4 Å². The number of hydrogen-bond donors (Lipinski definition) is 1. The number of piperidine rings is 1. The number of carbonyl (C=O) groups excluding carboxylic acids is 1. The number of nitrogens with zero attached hydrogens (tertiary/aromatic N) is 1. The second kappa shape index (κ2) is 6.84. The van der Waals surface area contributed by atoms with Crippen molar-refractivity contribution < 1.29 is 4.79 Å². The van der Waals surface area contributed by atoms with Gasteiger partial charge >= 0.3 is 0 Å². The third-order valence-corrected chi connectivity index (χ3v) is 5.08. The summed E-state index contributed by atoms with van der Waals surface area (Å²) in [7, 11) is 0. The molecule has 1 atom stereocenters. The Morgan fingerprint density at radius 1 is 1.53 bits per heavy atom. The number of likely N-dealkylation sites (N-methyl/N-ethyl adjacent to an activating group) is 1. The molecule has 1 unspecified atom stereocenters. The summed E-state index contributed by atoms with van der Waals surface area (Å²) in [5.41, 5.74) is 0. The molecule has 1 fully saturated rings. The summed E-state index contributed by atoms with van der Waals surface area (Å²) < 4.78 is 0.681. The third-order valence-electron chi connectivity index (χ3n) is 3.84. The second-order valence-corrected chi connectivity index (χ2v) is 6.67. The minimum absolute atomic E-state index is 0.0668. The van der Waals surface area contributed by atoms with Crippen molar-refractivity contribution in [2.75, 3.05) is 19.6 Å². The van der Waals surface area contributed by atoms with Gasteiger partial charge in [-0.05, 0) is 51.5 Å². The van der Waals surface area contributed by atoms with Crippen molar-refractivity contribution in [3.05, 3.63) is 21.3 Å². The smallest absolute Gasteiger partial charge is 0.189 e. The number of Topliss-reactive ketones (excluding diaryl/α,β-unsaturated/α-hetero) is 1. The molecule has 1 aliphatic rings. The number of carbonyl (C=O) groups is 1. The second-order valence-electron chi connectivity index (χ2n) is 4.96. The van der Waals surface area contributed by atoms with Crippen LogP contribution in [0.25, 0.3) is 0 Å². The molecule has 2 rings (SSSR count). The highest BCUT2D eigenvalue weighted by Crippen LogP contribution is 2.25. The highest BCUT2D eigenvalue weighted by atomic mass is 35.5. The van der Waals surface area contributed by atoms with E-state index >= 15 is 0 Å². The van der Waals surface area contributed by atoms with Gasteiger partial charge in [-0.3, -0.25) is 9.69 Å². The Hall–Kier alpha value is -0.420. The fraction of sp³-hybridized carbons (Fsp3) is 0.643. The molecule has 1 saturated heterocycles. The largest absolute Gasteiger partial charge is 0.317 e. The summed E-state index contributed by atoms with van der Waals surface area (Å²) in [5.74, 6) is 0.192. The lowest BCUT2D eigenvalue weighted by Crippen LogP contribution is -2.49. The maximum absolute atomic E-state index is 12.5. The van der Waals surface area contributed by atoms with Crippen LogP contribution >= 0.6 is 22.9 Å². The molecule has 1 aromatic rings. The molecular weight excluding hydrogens is 280 g/mol. The zero-order valence-electron chi connectivity index (χ0n) is 11.5. The minimum Gasteiger partial charge on any atom is -0.317 e. The SMILES string of the molecule is CCN(C1CCNCC1)C(C)C(=O)c1ccc(Cl)s1. The van der Waals surface area contributed by atoms with Gasteiger partial charge in [-0.1, -0.05) is 18.5 Å². The molecule has 5 heteroatoms. The van der Waals surface area contributed by atoms with Crippen molar-refractivity contribution in [3.63, 3.8) is 0 Å². The first-order chi connectivity index (χ1) is 9.13. The van der Waals surface area contributed by atoms with Gasteiger partial charge in [0.25, 0.3) is 0 Å². The Kier molecular flexibility index (Phi) is 5.39. The van der Waals surface area contributed by atoms with E-state index in [9.17, 15) is 4.79 Å². The van der Waals surface area contributed by atoms with Gasteiger partial charge in [-0.2, -0.15) is 0 Å². The summed E-state index contributed by atoms with van der Waals surface area (Å²) in [6.45, 7) is 7.16. The third kappa shape index (κ3) is 3.57. The van der Waals surface area contributed by atoms with Gasteiger partial charge in [-0.15, -0.1) is 11.3 Å². The van der Waals surface area contributed by atoms with Crippen molar-refractivity contribution in [2.45, 2.75) is 38.8 Å². The Labute approximate surface area is 123 Å². The molecule has 0 amide bonds. The summed E-state index contributed by atoms with van der Waals surface area (Å²) in [4.78, 5) is 15.6. The van der Waals surface area contributed by atoms with Gasteiger partial charge < -0.3 is 5.32 Å². The molecule has 0 bridgehead atoms. The summed E-state index contributed by atoms with van der Waals surface area (Å²) >= 11 is 7.29. The van der Waals surface area contributed by atoms with Crippen LogP contribution in [0.2, 0.25) is 4.34 Å². The van der Waals surface area contributed by atoms with E-state index in [0.29, 0.717) is 10.4 Å². The summed E-state index contributed by atoms with van der Waals surface area (Å²) in [6.07, 6.45) is 2.24. The van der Waals surface area contributed by atoms with Gasteiger partial charge in [0.05, 0.1) is 15.3 Å². The molecule has 19 heavy (non-hydrogen) atoms. The lowest BCUT2D eigenvalue weighted by molar-refractivity contribution is 0.0732. The quantitative estimate of drug-likeness (QED) is 0.848. The van der Waals surface area contributed by atoms with Gasteiger partial charge in [0.2, 0.25) is 0 Å². The predicted molar refractivity (Wildman–Crippen MR) is 81.4 cm³/mol. The zero-order valence-corrected chi connectivity index (χ0v) is 13.1. The Balaban J connectivity index is 2.06. The Morgan fingerprint density at radius 3 is 2.74 bits per heavy atom. The van der Waals surface area contributed by atoms with Crippen LogP contribution in [0.3, 0.4) is 0 Å². The molecular formula is C14H21ClN2OS. The molecule has 2 heterocycles. The van der Waals surface area contributed by atoms with Crippen molar-refractivity contribution >= 4 is 28.7 Å². The molecule has 0 radical (unpaired) electrons. The van der Waals surface area contributed by atoms with Crippen molar-refractivity contribution in [1.82, 2.24) is 10.2 Å². The van der Waals surface area contributed by atoms with Crippen LogP contribution in [0.15, 0.2) is 12.1 Å². The first kappa shape index (κ1) is 15.0. The number of thiophene rings is 1. The Morgan fingerprint density at radius 2 is 2.21 bits per heavy atom. The molecule has 3 nitrogen and oxygen atoms in total. The van der Waals surface area contributed by atoms with Crippen LogP contribution in [0.1, 0.15) is 36.4 Å². The molecule has 106 valence electrons. The topological polar surface area (TPSA) is 32.3 Å². The van der Waals surface area contributed by atoms with Crippen LogP contribution in [0.5, 0.6) is 0 Å². The van der Waals surface area contributed by atoms with Crippen molar-refractivity contribution in [3.8, 4) is 0 Å². The van der Waals surface area contributed by atoms with Gasteiger partial charge in [0.1, 0.15) is 0 Å². The van der Waals surface area contributed by atoms with Crippen molar-refractivity contribution in [2.24, 2.45) is 0 Å². The lowest BCUT2D eigenvalue weighted by atomic mass is 10.0. The molecule has 0 spiro atoms. The number of halogens is 1. The van der Waals surface area contributed by atoms with Gasteiger partial charge in [0, 0.05) is 6.04 Å². The molecule has 0 saturated carbocycles. The average Bonchev–Trinajstić information content (AvgIpc) is 2.86. The van der Waals surface area contributed by atoms with E-state index in [-0.39, 0.29) is 11.8 Å². The van der Waals surface area contributed by atoms with Crippen LogP contribution < -0.4 is 5.32 Å². The normalized spacial score (nSPS) is 18.7. The van der Waals surface area contributed by atoms with E-state index in [4.69, 9.17) is 11.6 Å². The van der Waals surface area contributed by atoms with Gasteiger partial charge in [0.15, 0.2) is 5.78 Å². The van der Waals surface area contributed by atoms with Crippen LogP contribution in [0.4, 0.5) is 0 Å². The first-order valence-corrected chi connectivity index (χ1v) is 8.09. The highest BCUT2D eigenvalue weighted by Gasteiger charge is 2.29. The maximum atomic E-state index is 12.5. The molecule has 1 N–H and O–H groups in total. The minimum atomic E-state index is -0.0668. The average molecular weight is 301 g/mol. The molecule has 0 aromatic carbocycles. The van der Waals surface area contributed by atoms with E-state index in [1.54, 1.807) is 6.07 Å². The van der Waals surface area contributed by atoms with Crippen LogP contribution in [-0.2, 0) is 0 Å². The zero-order chi connectivity index (χ0) is 13.8. The number of nitrogens with one attached hydrogen (secondary N) is 1. The maximum Gasteiger partial charge on any atom is 0.189 e. The van der Waals surface area contributed by atoms with Gasteiger partial charge in [-0.25, -0.2) is 0 Å². The fourth-order valence-electron chi connectivity index (χ4n) is 2.79. The van der Waals surface area contributed by atoms with E-state index in [1.165, 1.54) is 11.3 Å².